The summed E-state index contributed by atoms with van der Waals surface area (Å²) in [5.74, 6) is 0.172. The Morgan fingerprint density at radius 2 is 2.00 bits per heavy atom. The quantitative estimate of drug-likeness (QED) is 0.904. The summed E-state index contributed by atoms with van der Waals surface area (Å²) in [5, 5.41) is 10.5. The molecule has 1 fully saturated rings. The van der Waals surface area contributed by atoms with Gasteiger partial charge in [-0.1, -0.05) is 18.1 Å². The average Bonchev–Trinajstić information content (AvgIpc) is 2.86. The van der Waals surface area contributed by atoms with Crippen LogP contribution < -0.4 is 5.32 Å². The summed E-state index contributed by atoms with van der Waals surface area (Å²) in [4.78, 5) is 0. The van der Waals surface area contributed by atoms with E-state index >= 15 is 0 Å². The first kappa shape index (κ1) is 13.3. The molecule has 1 aromatic rings. The van der Waals surface area contributed by atoms with E-state index in [4.69, 9.17) is 0 Å². The summed E-state index contributed by atoms with van der Waals surface area (Å²) < 4.78 is 38.5. The summed E-state index contributed by atoms with van der Waals surface area (Å²) in [6.07, 6.45) is -0.246. The second-order valence-corrected chi connectivity index (χ2v) is 4.71. The third kappa shape index (κ3) is 3.01. The second-order valence-electron chi connectivity index (χ2n) is 4.71. The van der Waals surface area contributed by atoms with Gasteiger partial charge in [0, 0.05) is 12.5 Å². The van der Waals surface area contributed by atoms with Gasteiger partial charge in [0.2, 0.25) is 0 Å². The minimum absolute atomic E-state index is 0.172. The Balaban J connectivity index is 2.27. The van der Waals surface area contributed by atoms with E-state index in [1.165, 1.54) is 0 Å². The lowest BCUT2D eigenvalue weighted by molar-refractivity contribution is -0.143. The highest BCUT2D eigenvalue weighted by atomic mass is 19.4. The Morgan fingerprint density at radius 3 is 2.56 bits per heavy atom. The lowest BCUT2D eigenvalue weighted by Gasteiger charge is -2.15. The topological polar surface area (TPSA) is 42.7 Å². The fraction of sp³-hybridized carbons (Fsp3) is 0.818. The molecule has 1 aliphatic rings. The smallest absolute Gasteiger partial charge is 0.314 e. The number of nitrogens with zero attached hydrogens (tertiary/aromatic N) is 3. The number of alkyl halides is 3. The van der Waals surface area contributed by atoms with Crippen molar-refractivity contribution < 1.29 is 13.2 Å². The molecule has 0 radical (unpaired) electrons. The van der Waals surface area contributed by atoms with Crippen molar-refractivity contribution in [2.75, 3.05) is 7.05 Å². The van der Waals surface area contributed by atoms with Crippen LogP contribution in [0.4, 0.5) is 13.2 Å². The molecule has 0 aliphatic heterocycles. The molecule has 0 aromatic carbocycles. The zero-order chi connectivity index (χ0) is 13.2. The molecule has 2 rings (SSSR count). The van der Waals surface area contributed by atoms with Crippen molar-refractivity contribution in [2.24, 2.45) is 0 Å². The molecule has 1 saturated carbocycles. The molecule has 0 saturated heterocycles. The predicted octanol–water partition coefficient (Wildman–Crippen LogP) is 2.22. The maximum Gasteiger partial charge on any atom is 0.408 e. The lowest BCUT2D eigenvalue weighted by Crippen LogP contribution is -2.22. The van der Waals surface area contributed by atoms with Gasteiger partial charge in [-0.25, -0.2) is 4.68 Å². The van der Waals surface area contributed by atoms with Crippen LogP contribution in [0, 0.1) is 0 Å². The van der Waals surface area contributed by atoms with Crippen molar-refractivity contribution >= 4 is 0 Å². The average molecular weight is 262 g/mol. The van der Waals surface area contributed by atoms with Gasteiger partial charge in [0.1, 0.15) is 6.54 Å². The number of nitrogens with one attached hydrogen (secondary N) is 1. The van der Waals surface area contributed by atoms with Gasteiger partial charge in [-0.15, -0.1) is 5.10 Å². The van der Waals surface area contributed by atoms with E-state index < -0.39 is 12.7 Å². The number of hydrogen-bond acceptors (Lipinski definition) is 3. The minimum Gasteiger partial charge on any atom is -0.314 e. The van der Waals surface area contributed by atoms with Crippen molar-refractivity contribution in [1.82, 2.24) is 20.3 Å². The second kappa shape index (κ2) is 5.26. The Labute approximate surface area is 104 Å². The fourth-order valence-electron chi connectivity index (χ4n) is 2.58. The Kier molecular flexibility index (Phi) is 3.89. The van der Waals surface area contributed by atoms with Crippen LogP contribution in [0.15, 0.2) is 0 Å². The molecule has 0 amide bonds. The third-order valence-corrected chi connectivity index (χ3v) is 3.26. The largest absolute Gasteiger partial charge is 0.408 e. The predicted molar refractivity (Wildman–Crippen MR) is 60.0 cm³/mol. The number of aromatic nitrogens is 3. The van der Waals surface area contributed by atoms with Gasteiger partial charge in [0.25, 0.3) is 0 Å². The van der Waals surface area contributed by atoms with E-state index in [0.717, 1.165) is 30.4 Å². The van der Waals surface area contributed by atoms with E-state index in [0.29, 0.717) is 17.9 Å². The van der Waals surface area contributed by atoms with E-state index in [-0.39, 0.29) is 5.92 Å². The highest BCUT2D eigenvalue weighted by Gasteiger charge is 2.33. The van der Waals surface area contributed by atoms with Gasteiger partial charge in [0.05, 0.1) is 11.4 Å². The van der Waals surface area contributed by atoms with Gasteiger partial charge < -0.3 is 5.32 Å². The molecule has 4 nitrogen and oxygen atoms in total. The first-order valence-electron chi connectivity index (χ1n) is 6.15. The summed E-state index contributed by atoms with van der Waals surface area (Å²) in [6.45, 7) is -0.584. The van der Waals surface area contributed by atoms with Gasteiger partial charge in [-0.05, 0) is 19.9 Å². The summed E-state index contributed by atoms with van der Waals surface area (Å²) in [5.41, 5.74) is 1.31. The molecule has 0 spiro atoms. The van der Waals surface area contributed by atoms with Gasteiger partial charge in [-0.2, -0.15) is 13.2 Å². The van der Waals surface area contributed by atoms with Gasteiger partial charge >= 0.3 is 6.18 Å². The van der Waals surface area contributed by atoms with Crippen LogP contribution in [0.5, 0.6) is 0 Å². The van der Waals surface area contributed by atoms with Crippen LogP contribution in [0.25, 0.3) is 0 Å². The minimum atomic E-state index is -4.25. The summed E-state index contributed by atoms with van der Waals surface area (Å²) >= 11 is 0. The molecule has 1 N–H and O–H groups in total. The maximum absolute atomic E-state index is 12.5. The van der Waals surface area contributed by atoms with Crippen molar-refractivity contribution in [3.63, 3.8) is 0 Å². The maximum atomic E-state index is 12.5. The third-order valence-electron chi connectivity index (χ3n) is 3.26. The molecule has 1 aliphatic carbocycles. The lowest BCUT2D eigenvalue weighted by atomic mass is 10.0. The zero-order valence-corrected chi connectivity index (χ0v) is 10.3. The van der Waals surface area contributed by atoms with E-state index in [9.17, 15) is 13.2 Å². The molecule has 1 aromatic heterocycles. The molecule has 102 valence electrons. The van der Waals surface area contributed by atoms with Crippen molar-refractivity contribution in [3.05, 3.63) is 11.4 Å². The molecule has 0 bridgehead atoms. The number of hydrogen-bond donors (Lipinski definition) is 1. The molecular weight excluding hydrogens is 245 g/mol. The first-order valence-corrected chi connectivity index (χ1v) is 6.15. The molecule has 0 unspecified atom stereocenters. The van der Waals surface area contributed by atoms with Crippen LogP contribution in [-0.2, 0) is 13.1 Å². The Hall–Kier alpha value is -1.11. The first-order chi connectivity index (χ1) is 8.51. The number of rotatable bonds is 4. The van der Waals surface area contributed by atoms with E-state index in [1.807, 2.05) is 0 Å². The molecule has 1 heterocycles. The highest BCUT2D eigenvalue weighted by Crippen LogP contribution is 2.36. The number of halogens is 3. The van der Waals surface area contributed by atoms with Crippen molar-refractivity contribution in [2.45, 2.75) is 50.9 Å². The molecular formula is C11H17F3N4. The normalized spacial score (nSPS) is 17.6. The van der Waals surface area contributed by atoms with E-state index in [1.54, 1.807) is 7.05 Å². The monoisotopic (exact) mass is 262 g/mol. The SMILES string of the molecule is CNCc1nnn(CC(F)(F)F)c1C1CCCC1. The van der Waals surface area contributed by atoms with Crippen molar-refractivity contribution in [3.8, 4) is 0 Å². The molecule has 18 heavy (non-hydrogen) atoms. The Bertz CT molecular complexity index is 393. The molecule has 0 atom stereocenters. The highest BCUT2D eigenvalue weighted by molar-refractivity contribution is 5.17. The van der Waals surface area contributed by atoms with Crippen LogP contribution >= 0.6 is 0 Å². The Morgan fingerprint density at radius 1 is 1.33 bits per heavy atom. The zero-order valence-electron chi connectivity index (χ0n) is 10.3. The molecule has 7 heteroatoms. The fourth-order valence-corrected chi connectivity index (χ4v) is 2.58. The standard InChI is InChI=1S/C11H17F3N4/c1-15-6-9-10(8-4-2-3-5-8)18(17-16-9)7-11(12,13)14/h8,15H,2-7H2,1H3. The van der Waals surface area contributed by atoms with Gasteiger partial charge in [-0.3, -0.25) is 0 Å². The van der Waals surface area contributed by atoms with Crippen LogP contribution in [-0.4, -0.2) is 28.2 Å². The van der Waals surface area contributed by atoms with E-state index in [2.05, 4.69) is 15.6 Å². The van der Waals surface area contributed by atoms with Gasteiger partial charge in [0.15, 0.2) is 0 Å². The van der Waals surface area contributed by atoms with Crippen LogP contribution in [0.1, 0.15) is 43.0 Å². The van der Waals surface area contributed by atoms with Crippen LogP contribution in [0.2, 0.25) is 0 Å². The summed E-state index contributed by atoms with van der Waals surface area (Å²) in [6, 6.07) is 0. The van der Waals surface area contributed by atoms with Crippen LogP contribution in [0.3, 0.4) is 0 Å². The van der Waals surface area contributed by atoms with Crippen molar-refractivity contribution in [1.29, 1.82) is 0 Å². The summed E-state index contributed by atoms with van der Waals surface area (Å²) in [7, 11) is 1.75.